The molecule has 4 saturated carbocycles. The van der Waals surface area contributed by atoms with Gasteiger partial charge < -0.3 is 50.3 Å². The van der Waals surface area contributed by atoms with Gasteiger partial charge in [0, 0.05) is 11.3 Å². The van der Waals surface area contributed by atoms with Crippen LogP contribution in [-0.2, 0) is 14.3 Å². The molecule has 47 heavy (non-hydrogen) atoms. The van der Waals surface area contributed by atoms with Crippen molar-refractivity contribution in [3.63, 3.8) is 0 Å². The smallest absolute Gasteiger partial charge is 0.315 e. The van der Waals surface area contributed by atoms with Gasteiger partial charge >= 0.3 is 5.97 Å². The van der Waals surface area contributed by atoms with E-state index < -0.39 is 89.2 Å². The Morgan fingerprint density at radius 1 is 0.851 bits per heavy atom. The van der Waals surface area contributed by atoms with Gasteiger partial charge in [-0.1, -0.05) is 53.2 Å². The molecule has 8 N–H and O–H groups in total. The molecule has 11 nitrogen and oxygen atoms in total. The lowest BCUT2D eigenvalue weighted by atomic mass is 9.33. The second-order valence-electron chi connectivity index (χ2n) is 17.8. The van der Waals surface area contributed by atoms with Crippen LogP contribution in [0.15, 0.2) is 11.6 Å². The number of hydrogen-bond donors (Lipinski definition) is 8. The van der Waals surface area contributed by atoms with Gasteiger partial charge in [-0.25, -0.2) is 0 Å². The number of carbonyl (C=O) groups is 1. The zero-order valence-corrected chi connectivity index (χ0v) is 28.8. The van der Waals surface area contributed by atoms with Crippen LogP contribution < -0.4 is 0 Å². The topological polar surface area (TPSA) is 197 Å². The van der Waals surface area contributed by atoms with E-state index in [0.29, 0.717) is 38.5 Å². The molecule has 0 radical (unpaired) electrons. The van der Waals surface area contributed by atoms with Gasteiger partial charge in [-0.3, -0.25) is 4.79 Å². The molecule has 1 saturated heterocycles. The number of fused-ring (bicyclic) bond motifs is 7. The van der Waals surface area contributed by atoms with Crippen LogP contribution in [0.1, 0.15) is 92.9 Å². The zero-order chi connectivity index (χ0) is 34.7. The van der Waals surface area contributed by atoms with Gasteiger partial charge in [-0.15, -0.1) is 0 Å². The summed E-state index contributed by atoms with van der Waals surface area (Å²) in [4.78, 5) is 14.4. The lowest BCUT2D eigenvalue weighted by molar-refractivity contribution is -0.298. The second kappa shape index (κ2) is 11.4. The molecule has 268 valence electrons. The number of carbonyl (C=O) groups excluding carboxylic acids is 1. The fourth-order valence-corrected chi connectivity index (χ4v) is 12.1. The molecule has 0 aromatic rings. The van der Waals surface area contributed by atoms with E-state index in [1.54, 1.807) is 0 Å². The zero-order valence-electron chi connectivity index (χ0n) is 28.8. The van der Waals surface area contributed by atoms with Crippen LogP contribution in [0.3, 0.4) is 0 Å². The Hall–Kier alpha value is -1.15. The summed E-state index contributed by atoms with van der Waals surface area (Å²) in [7, 11) is 0. The maximum absolute atomic E-state index is 14.4. The molecule has 0 aromatic heterocycles. The lowest BCUT2D eigenvalue weighted by Gasteiger charge is -2.71. The predicted molar refractivity (Wildman–Crippen MR) is 169 cm³/mol. The highest BCUT2D eigenvalue weighted by molar-refractivity contribution is 5.79. The first-order chi connectivity index (χ1) is 21.8. The number of aliphatic hydroxyl groups excluding tert-OH is 8. The highest BCUT2D eigenvalue weighted by Gasteiger charge is 2.72. The van der Waals surface area contributed by atoms with Crippen molar-refractivity contribution in [2.24, 2.45) is 50.2 Å². The van der Waals surface area contributed by atoms with Crippen molar-refractivity contribution in [2.45, 2.75) is 142 Å². The number of rotatable bonds is 4. The SMILES string of the molecule is CC1(C)CC[C@]2(C(=O)O[C@@H]3O[C@H](CO)[C@@H](O)[C@H](O)[C@H]3O)CC[C@]3(C)C(=CC[C@H]4[C@@]5(C)C[C@@H](O)[C@H](O)[C@](C)(CO)[C@@H]5CC[C@]43C)[C@H]2[C@@H]1O. The molecule has 5 fully saturated rings. The van der Waals surface area contributed by atoms with Crippen LogP contribution in [0.5, 0.6) is 0 Å². The highest BCUT2D eigenvalue weighted by Crippen LogP contribution is 2.75. The van der Waals surface area contributed by atoms with Crippen LogP contribution in [0.25, 0.3) is 0 Å². The van der Waals surface area contributed by atoms with Crippen molar-refractivity contribution < 1.29 is 55.1 Å². The Bertz CT molecular complexity index is 1270. The number of hydrogen-bond acceptors (Lipinski definition) is 11. The van der Waals surface area contributed by atoms with E-state index in [2.05, 4.69) is 26.8 Å². The number of esters is 1. The van der Waals surface area contributed by atoms with E-state index >= 15 is 0 Å². The minimum absolute atomic E-state index is 0.00502. The molecule has 0 unspecified atom stereocenters. The minimum Gasteiger partial charge on any atom is -0.432 e. The summed E-state index contributed by atoms with van der Waals surface area (Å²) in [6, 6.07) is 0. The van der Waals surface area contributed by atoms with Crippen molar-refractivity contribution in [1.29, 1.82) is 0 Å². The Labute approximate surface area is 278 Å². The van der Waals surface area contributed by atoms with Crippen LogP contribution in [0.2, 0.25) is 0 Å². The third kappa shape index (κ3) is 4.67. The molecular formula is C36H58O11. The number of ether oxygens (including phenoxy) is 2. The maximum atomic E-state index is 14.4. The van der Waals surface area contributed by atoms with Gasteiger partial charge in [-0.2, -0.15) is 0 Å². The normalized spacial score (nSPS) is 55.4. The molecule has 1 heterocycles. The molecule has 16 atom stereocenters. The fraction of sp³-hybridized carbons (Fsp3) is 0.917. The molecule has 0 spiro atoms. The molecule has 5 aliphatic carbocycles. The van der Waals surface area contributed by atoms with E-state index in [1.807, 2.05) is 20.8 Å². The summed E-state index contributed by atoms with van der Waals surface area (Å²) in [5.41, 5.74) is -2.46. The number of allylic oxidation sites excluding steroid dienone is 1. The van der Waals surface area contributed by atoms with Gasteiger partial charge in [0.2, 0.25) is 6.29 Å². The van der Waals surface area contributed by atoms with Crippen LogP contribution in [-0.4, -0.2) is 109 Å². The van der Waals surface area contributed by atoms with E-state index in [9.17, 15) is 45.6 Å². The van der Waals surface area contributed by atoms with Gasteiger partial charge in [0.05, 0.1) is 36.9 Å². The maximum Gasteiger partial charge on any atom is 0.315 e. The van der Waals surface area contributed by atoms with Crippen molar-refractivity contribution >= 4 is 5.97 Å². The van der Waals surface area contributed by atoms with Gasteiger partial charge in [0.1, 0.15) is 24.4 Å². The Balaban J connectivity index is 1.39. The first-order valence-corrected chi connectivity index (χ1v) is 17.7. The average molecular weight is 667 g/mol. The van der Waals surface area contributed by atoms with Crippen molar-refractivity contribution in [3.8, 4) is 0 Å². The average Bonchev–Trinajstić information content (AvgIpc) is 3.02. The van der Waals surface area contributed by atoms with Crippen molar-refractivity contribution in [3.05, 3.63) is 11.6 Å². The Morgan fingerprint density at radius 2 is 1.51 bits per heavy atom. The number of aliphatic hydroxyl groups is 8. The van der Waals surface area contributed by atoms with Gasteiger partial charge in [0.15, 0.2) is 0 Å². The highest BCUT2D eigenvalue weighted by atomic mass is 16.7. The molecule has 1 aliphatic heterocycles. The van der Waals surface area contributed by atoms with E-state index in [4.69, 9.17) is 9.47 Å². The summed E-state index contributed by atoms with van der Waals surface area (Å²) < 4.78 is 11.4. The molecule has 11 heteroatoms. The summed E-state index contributed by atoms with van der Waals surface area (Å²) >= 11 is 0. The van der Waals surface area contributed by atoms with Gasteiger partial charge in [-0.05, 0) is 84.9 Å². The molecule has 6 rings (SSSR count). The van der Waals surface area contributed by atoms with E-state index in [1.165, 1.54) is 0 Å². The minimum atomic E-state index is -1.72. The van der Waals surface area contributed by atoms with Crippen molar-refractivity contribution in [2.75, 3.05) is 13.2 Å². The Kier molecular flexibility index (Phi) is 8.68. The Morgan fingerprint density at radius 3 is 2.15 bits per heavy atom. The van der Waals surface area contributed by atoms with E-state index in [0.717, 1.165) is 18.4 Å². The predicted octanol–water partition coefficient (Wildman–Crippen LogP) is 1.41. The summed E-state index contributed by atoms with van der Waals surface area (Å²) in [5, 5.41) is 85.9. The van der Waals surface area contributed by atoms with Gasteiger partial charge in [0.25, 0.3) is 0 Å². The molecule has 0 amide bonds. The first-order valence-electron chi connectivity index (χ1n) is 17.7. The third-order valence-corrected chi connectivity index (χ3v) is 15.4. The molecule has 0 bridgehead atoms. The van der Waals surface area contributed by atoms with Crippen LogP contribution in [0.4, 0.5) is 0 Å². The molecule has 0 aromatic carbocycles. The van der Waals surface area contributed by atoms with Crippen LogP contribution >= 0.6 is 0 Å². The summed E-state index contributed by atoms with van der Waals surface area (Å²) in [6.07, 6.45) is -3.62. The van der Waals surface area contributed by atoms with Crippen LogP contribution in [0, 0.1) is 50.2 Å². The standard InChI is InChI=1S/C36H58O11/c1-31(2)11-13-36(30(45)47-29-26(42)25(41)24(40)20(16-37)46-29)14-12-34(5)18(23(36)28(31)44)7-8-22-32(3)15-19(39)27(43)33(4,17-38)21(32)9-10-35(22,34)6/h7,19-29,37-44H,8-17H2,1-6H3/t19-,20-,21-,22+,23+,24-,25+,26-,27+,28+,29+,32+,33-,34-,35-,36+/m1/s1. The largest absolute Gasteiger partial charge is 0.432 e. The van der Waals surface area contributed by atoms with Crippen molar-refractivity contribution in [1.82, 2.24) is 0 Å². The summed E-state index contributed by atoms with van der Waals surface area (Å²) in [5.74, 6) is -1.08. The lowest BCUT2D eigenvalue weighted by Crippen LogP contribution is -2.69. The quantitative estimate of drug-likeness (QED) is 0.160. The van der Waals surface area contributed by atoms with E-state index in [-0.39, 0.29) is 29.3 Å². The third-order valence-electron chi connectivity index (χ3n) is 15.4. The molecule has 6 aliphatic rings. The second-order valence-corrected chi connectivity index (χ2v) is 17.8. The summed E-state index contributed by atoms with van der Waals surface area (Å²) in [6.45, 7) is 11.9. The first kappa shape index (κ1) is 35.7. The fourth-order valence-electron chi connectivity index (χ4n) is 12.1. The monoisotopic (exact) mass is 666 g/mol. The molecular weight excluding hydrogens is 608 g/mol.